The Morgan fingerprint density at radius 2 is 2.03 bits per heavy atom. The van der Waals surface area contributed by atoms with Crippen LogP contribution in [0.25, 0.3) is 10.1 Å². The van der Waals surface area contributed by atoms with Crippen LogP contribution in [0.3, 0.4) is 0 Å². The van der Waals surface area contributed by atoms with Crippen molar-refractivity contribution in [2.45, 2.75) is 29.5 Å². The number of halogens is 1. The van der Waals surface area contributed by atoms with Gasteiger partial charge in [-0.1, -0.05) is 17.7 Å². The lowest BCUT2D eigenvalue weighted by molar-refractivity contribution is -0.142. The molecule has 34 heavy (non-hydrogen) atoms. The van der Waals surface area contributed by atoms with E-state index in [-0.39, 0.29) is 22.6 Å². The SMILES string of the molecule is CN(CCc1ccncc1)C(=O)CN1CCC[C@H](NS(=O)(=O)c2cc3ccc(Cl)cc3s2)C1=O. The molecule has 8 nitrogen and oxygen atoms in total. The number of rotatable bonds is 8. The molecule has 1 aliphatic heterocycles. The standard InChI is InChI=1S/C23H25ClN4O4S2/c1-27(12-8-16-6-9-25-10-7-16)21(29)15-28-11-2-3-19(23(28)30)26-34(31,32)22-13-17-4-5-18(24)14-20(17)33-22/h4-7,9-10,13-14,19,26H,2-3,8,11-12,15H2,1H3/t19-/m0/s1. The average Bonchev–Trinajstić information content (AvgIpc) is 3.25. The van der Waals surface area contributed by atoms with Gasteiger partial charge >= 0.3 is 0 Å². The normalized spacial score (nSPS) is 16.7. The molecule has 3 aromatic rings. The lowest BCUT2D eigenvalue weighted by atomic mass is 10.1. The number of hydrogen-bond donors (Lipinski definition) is 1. The zero-order chi connectivity index (χ0) is 24.3. The molecule has 0 aliphatic carbocycles. The summed E-state index contributed by atoms with van der Waals surface area (Å²) < 4.78 is 29.4. The monoisotopic (exact) mass is 520 g/mol. The molecule has 1 aromatic carbocycles. The Bertz CT molecular complexity index is 1300. The minimum absolute atomic E-state index is 0.0781. The number of hydrogen-bond acceptors (Lipinski definition) is 6. The summed E-state index contributed by atoms with van der Waals surface area (Å²) in [7, 11) is -2.20. The summed E-state index contributed by atoms with van der Waals surface area (Å²) in [4.78, 5) is 32.7. The van der Waals surface area contributed by atoms with Crippen molar-refractivity contribution in [2.75, 3.05) is 26.7 Å². The minimum atomic E-state index is -3.90. The fourth-order valence-corrected chi connectivity index (χ4v) is 6.73. The number of piperidine rings is 1. The van der Waals surface area contributed by atoms with Gasteiger partial charge in [0, 0.05) is 42.3 Å². The minimum Gasteiger partial charge on any atom is -0.344 e. The Morgan fingerprint density at radius 1 is 1.26 bits per heavy atom. The summed E-state index contributed by atoms with van der Waals surface area (Å²) >= 11 is 7.11. The van der Waals surface area contributed by atoms with Crippen molar-refractivity contribution in [3.8, 4) is 0 Å². The van der Waals surface area contributed by atoms with E-state index in [9.17, 15) is 18.0 Å². The third-order valence-corrected chi connectivity index (χ3v) is 9.07. The average molecular weight is 521 g/mol. The van der Waals surface area contributed by atoms with Crippen LogP contribution in [0.2, 0.25) is 5.02 Å². The molecule has 0 radical (unpaired) electrons. The lowest BCUT2D eigenvalue weighted by Crippen LogP contribution is -2.54. The number of fused-ring (bicyclic) bond motifs is 1. The first-order chi connectivity index (χ1) is 16.2. The number of nitrogens with zero attached hydrogens (tertiary/aromatic N) is 3. The number of likely N-dealkylation sites (N-methyl/N-ethyl adjacent to an activating group) is 1. The zero-order valence-electron chi connectivity index (χ0n) is 18.6. The van der Waals surface area contributed by atoms with Crippen LogP contribution in [0.5, 0.6) is 0 Å². The van der Waals surface area contributed by atoms with Crippen LogP contribution in [-0.2, 0) is 26.0 Å². The molecule has 1 fully saturated rings. The number of aromatic nitrogens is 1. The highest BCUT2D eigenvalue weighted by Gasteiger charge is 2.34. The van der Waals surface area contributed by atoms with Crippen LogP contribution in [0.4, 0.5) is 0 Å². The molecule has 0 bridgehead atoms. The van der Waals surface area contributed by atoms with Crippen LogP contribution in [0, 0.1) is 0 Å². The number of likely N-dealkylation sites (tertiary alicyclic amines) is 1. The molecule has 0 spiro atoms. The number of carbonyl (C=O) groups excluding carboxylic acids is 2. The Kier molecular flexibility index (Phi) is 7.51. The molecule has 11 heteroatoms. The van der Waals surface area contributed by atoms with Crippen LogP contribution in [-0.4, -0.2) is 67.7 Å². The first-order valence-corrected chi connectivity index (χ1v) is 13.5. The van der Waals surface area contributed by atoms with E-state index in [1.54, 1.807) is 48.6 Å². The quantitative estimate of drug-likeness (QED) is 0.492. The molecule has 0 saturated carbocycles. The second-order valence-corrected chi connectivity index (χ2v) is 11.7. The predicted octanol–water partition coefficient (Wildman–Crippen LogP) is 2.92. The van der Waals surface area contributed by atoms with Crippen molar-refractivity contribution in [1.82, 2.24) is 19.5 Å². The number of amides is 2. The van der Waals surface area contributed by atoms with Gasteiger partial charge in [-0.25, -0.2) is 8.42 Å². The zero-order valence-corrected chi connectivity index (χ0v) is 21.0. The van der Waals surface area contributed by atoms with E-state index in [0.717, 1.165) is 27.0 Å². The van der Waals surface area contributed by atoms with E-state index >= 15 is 0 Å². The Balaban J connectivity index is 1.37. The largest absolute Gasteiger partial charge is 0.344 e. The fraction of sp³-hybridized carbons (Fsp3) is 0.348. The highest BCUT2D eigenvalue weighted by Crippen LogP contribution is 2.31. The molecule has 3 heterocycles. The third kappa shape index (κ3) is 5.75. The maximum Gasteiger partial charge on any atom is 0.250 e. The van der Waals surface area contributed by atoms with Gasteiger partial charge in [0.25, 0.3) is 10.0 Å². The van der Waals surface area contributed by atoms with Crippen molar-refractivity contribution in [1.29, 1.82) is 0 Å². The van der Waals surface area contributed by atoms with Crippen molar-refractivity contribution in [3.05, 3.63) is 59.4 Å². The van der Waals surface area contributed by atoms with Gasteiger partial charge in [-0.3, -0.25) is 14.6 Å². The topological polar surface area (TPSA) is 99.7 Å². The summed E-state index contributed by atoms with van der Waals surface area (Å²) in [5, 5.41) is 1.30. The molecule has 1 aliphatic rings. The Morgan fingerprint density at radius 3 is 2.79 bits per heavy atom. The van der Waals surface area contributed by atoms with E-state index < -0.39 is 16.1 Å². The van der Waals surface area contributed by atoms with Gasteiger partial charge in [-0.2, -0.15) is 4.72 Å². The molecule has 1 atom stereocenters. The smallest absolute Gasteiger partial charge is 0.250 e. The third-order valence-electron chi connectivity index (χ3n) is 5.79. The number of nitrogens with one attached hydrogen (secondary N) is 1. The van der Waals surface area contributed by atoms with E-state index in [0.29, 0.717) is 37.4 Å². The maximum absolute atomic E-state index is 13.0. The van der Waals surface area contributed by atoms with Gasteiger partial charge in [0.05, 0.1) is 6.54 Å². The number of pyridine rings is 1. The van der Waals surface area contributed by atoms with Crippen LogP contribution < -0.4 is 4.72 Å². The second kappa shape index (κ2) is 10.4. The molecule has 1 saturated heterocycles. The van der Waals surface area contributed by atoms with Crippen molar-refractivity contribution < 1.29 is 18.0 Å². The van der Waals surface area contributed by atoms with Crippen molar-refractivity contribution in [3.63, 3.8) is 0 Å². The fourth-order valence-electron chi connectivity index (χ4n) is 3.82. The predicted molar refractivity (Wildman–Crippen MR) is 132 cm³/mol. The number of carbonyl (C=O) groups is 2. The highest BCUT2D eigenvalue weighted by molar-refractivity contribution is 7.91. The van der Waals surface area contributed by atoms with Gasteiger partial charge in [-0.05, 0) is 60.5 Å². The summed E-state index contributed by atoms with van der Waals surface area (Å²) in [6.45, 7) is 0.852. The summed E-state index contributed by atoms with van der Waals surface area (Å²) in [5.74, 6) is -0.567. The van der Waals surface area contributed by atoms with E-state index in [1.165, 1.54) is 4.90 Å². The number of benzene rings is 1. The van der Waals surface area contributed by atoms with Crippen LogP contribution in [0.15, 0.2) is 53.0 Å². The maximum atomic E-state index is 13.0. The van der Waals surface area contributed by atoms with Crippen LogP contribution in [0.1, 0.15) is 18.4 Å². The highest BCUT2D eigenvalue weighted by atomic mass is 35.5. The molecule has 4 rings (SSSR count). The number of sulfonamides is 1. The first-order valence-electron chi connectivity index (χ1n) is 10.9. The van der Waals surface area contributed by atoms with Gasteiger partial charge in [0.1, 0.15) is 10.3 Å². The second-order valence-electron chi connectivity index (χ2n) is 8.24. The van der Waals surface area contributed by atoms with E-state index in [2.05, 4.69) is 9.71 Å². The lowest BCUT2D eigenvalue weighted by Gasteiger charge is -2.33. The number of thiophene rings is 1. The van der Waals surface area contributed by atoms with Gasteiger partial charge in [0.15, 0.2) is 0 Å². The van der Waals surface area contributed by atoms with Gasteiger partial charge in [-0.15, -0.1) is 11.3 Å². The molecule has 1 N–H and O–H groups in total. The van der Waals surface area contributed by atoms with Gasteiger partial charge < -0.3 is 9.80 Å². The summed E-state index contributed by atoms with van der Waals surface area (Å²) in [6, 6.07) is 9.65. The molecule has 2 amide bonds. The molecule has 180 valence electrons. The first kappa shape index (κ1) is 24.6. The molecular weight excluding hydrogens is 496 g/mol. The van der Waals surface area contributed by atoms with Gasteiger partial charge in [0.2, 0.25) is 11.8 Å². The van der Waals surface area contributed by atoms with E-state index in [4.69, 9.17) is 11.6 Å². The molecule has 2 aromatic heterocycles. The Labute approximate surface area is 207 Å². The van der Waals surface area contributed by atoms with E-state index in [1.807, 2.05) is 12.1 Å². The molecular formula is C23H25ClN4O4S2. The Hall–Kier alpha value is -2.53. The van der Waals surface area contributed by atoms with Crippen molar-refractivity contribution >= 4 is 54.9 Å². The molecule has 0 unspecified atom stereocenters. The summed E-state index contributed by atoms with van der Waals surface area (Å²) in [5.41, 5.74) is 1.07. The van der Waals surface area contributed by atoms with Crippen LogP contribution >= 0.6 is 22.9 Å². The summed E-state index contributed by atoms with van der Waals surface area (Å²) in [6.07, 6.45) is 5.09. The van der Waals surface area contributed by atoms with Crippen molar-refractivity contribution in [2.24, 2.45) is 0 Å².